The van der Waals surface area contributed by atoms with Crippen molar-refractivity contribution in [3.63, 3.8) is 0 Å². The first kappa shape index (κ1) is 46.2. The zero-order valence-electron chi connectivity index (χ0n) is 32.1. The molecule has 9 aromatic rings. The molecule has 24 heteroatoms. The maximum absolute atomic E-state index is 3.94. The summed E-state index contributed by atoms with van der Waals surface area (Å²) in [4.78, 5) is 21.7. The molecule has 0 unspecified atom stereocenters. The first-order valence-corrected chi connectivity index (χ1v) is 17.6. The van der Waals surface area contributed by atoms with Crippen molar-refractivity contribution in [3.05, 3.63) is 132 Å². The molecule has 9 heterocycles. The van der Waals surface area contributed by atoms with Gasteiger partial charge in [-0.3, -0.25) is 29.0 Å². The number of hydrogen-bond donors (Lipinski definition) is 0. The van der Waals surface area contributed by atoms with Crippen LogP contribution >= 0.6 is 22.7 Å². The summed E-state index contributed by atoms with van der Waals surface area (Å²) >= 11 is 3.30. The number of nitrogens with zero attached hydrogens (tertiary/aromatic N) is 22. The van der Waals surface area contributed by atoms with E-state index in [4.69, 9.17) is 0 Å². The summed E-state index contributed by atoms with van der Waals surface area (Å²) in [6, 6.07) is 5.84. The van der Waals surface area contributed by atoms with E-state index in [1.165, 1.54) is 32.6 Å². The number of imidazole rings is 1. The van der Waals surface area contributed by atoms with Crippen LogP contribution in [0.5, 0.6) is 0 Å². The molecule has 9 rings (SSSR count). The van der Waals surface area contributed by atoms with E-state index in [0.717, 1.165) is 5.69 Å². The van der Waals surface area contributed by atoms with Crippen molar-refractivity contribution in [2.24, 2.45) is 42.3 Å². The molecule has 0 bridgehead atoms. The van der Waals surface area contributed by atoms with Gasteiger partial charge in [0, 0.05) is 101 Å². The Balaban J connectivity index is 0.000000309. The lowest BCUT2D eigenvalue weighted by atomic mass is 10.3. The predicted octanol–water partition coefficient (Wildman–Crippen LogP) is 2.58. The Bertz CT molecular complexity index is 1570. The van der Waals surface area contributed by atoms with Gasteiger partial charge in [-0.15, -0.1) is 37.7 Å². The predicted molar refractivity (Wildman–Crippen MR) is 206 cm³/mol. The third kappa shape index (κ3) is 29.5. The Morgan fingerprint density at radius 1 is 0.564 bits per heavy atom. The van der Waals surface area contributed by atoms with Gasteiger partial charge in [-0.05, 0) is 69.7 Å². The number of hydrogen-bond acceptors (Lipinski definition) is 18. The average molecular weight is 791 g/mol. The first-order valence-electron chi connectivity index (χ1n) is 15.8. The number of thiazole rings is 2. The van der Waals surface area contributed by atoms with E-state index in [0.29, 0.717) is 0 Å². The fourth-order valence-electron chi connectivity index (χ4n) is 2.58. The summed E-state index contributed by atoms with van der Waals surface area (Å²) in [6.07, 6.45) is 22.6. The van der Waals surface area contributed by atoms with Crippen LogP contribution in [0.15, 0.2) is 116 Å². The maximum Gasteiger partial charge on any atom is 0.137 e. The van der Waals surface area contributed by atoms with E-state index in [-0.39, 0.29) is 0 Å². The Labute approximate surface area is 326 Å². The van der Waals surface area contributed by atoms with E-state index >= 15 is 0 Å². The number of pyridine rings is 1. The Morgan fingerprint density at radius 3 is 1.55 bits per heavy atom. The first-order chi connectivity index (χ1) is 26.5. The van der Waals surface area contributed by atoms with Crippen LogP contribution in [0.2, 0.25) is 0 Å². The van der Waals surface area contributed by atoms with Crippen molar-refractivity contribution >= 4 is 22.7 Å². The van der Waals surface area contributed by atoms with Crippen molar-refractivity contribution in [1.29, 1.82) is 0 Å². The van der Waals surface area contributed by atoms with Gasteiger partial charge in [0.25, 0.3) is 0 Å². The van der Waals surface area contributed by atoms with Crippen LogP contribution in [0.4, 0.5) is 0 Å². The Hall–Kier alpha value is -6.82. The van der Waals surface area contributed by atoms with E-state index in [9.17, 15) is 0 Å². The molecule has 0 saturated carbocycles. The molecule has 0 N–H and O–H groups in total. The molecule has 0 aliphatic rings. The highest BCUT2D eigenvalue weighted by Crippen LogP contribution is 1.99. The molecular weight excluding hydrogens is 745 g/mol. The highest BCUT2D eigenvalue weighted by atomic mass is 32.1. The summed E-state index contributed by atoms with van der Waals surface area (Å²) < 4.78 is 8.44. The summed E-state index contributed by atoms with van der Waals surface area (Å²) in [6.45, 7) is 6.04. The molecule has 292 valence electrons. The van der Waals surface area contributed by atoms with Crippen LogP contribution in [-0.2, 0) is 42.3 Å². The number of aryl methyl sites for hydroxylation is 9. The van der Waals surface area contributed by atoms with Gasteiger partial charge in [0.1, 0.15) is 19.0 Å². The van der Waals surface area contributed by atoms with Gasteiger partial charge in [-0.25, -0.2) is 14.6 Å². The maximum atomic E-state index is 3.94. The lowest BCUT2D eigenvalue weighted by Gasteiger charge is -1.82. The lowest BCUT2D eigenvalue weighted by molar-refractivity contribution is 0.622. The summed E-state index contributed by atoms with van der Waals surface area (Å²) in [5, 5.41) is 39.9. The van der Waals surface area contributed by atoms with Gasteiger partial charge in [-0.2, -0.15) is 10.2 Å². The third-order valence-corrected chi connectivity index (χ3v) is 6.51. The molecule has 0 aliphatic carbocycles. The molecule has 9 aromatic heterocycles. The molecule has 0 amide bonds. The second kappa shape index (κ2) is 30.8. The van der Waals surface area contributed by atoms with Gasteiger partial charge < -0.3 is 4.57 Å². The van der Waals surface area contributed by atoms with E-state index < -0.39 is 0 Å². The van der Waals surface area contributed by atoms with Crippen molar-refractivity contribution in [3.8, 4) is 0 Å². The van der Waals surface area contributed by atoms with Gasteiger partial charge in [0.15, 0.2) is 0 Å². The molecule has 0 atom stereocenters. The molecule has 0 saturated heterocycles. The molecule has 0 aromatic carbocycles. The van der Waals surface area contributed by atoms with Crippen LogP contribution in [0.3, 0.4) is 0 Å². The molecule has 22 nitrogen and oxygen atoms in total. The van der Waals surface area contributed by atoms with Crippen LogP contribution in [0, 0.1) is 20.8 Å². The van der Waals surface area contributed by atoms with E-state index in [1.54, 1.807) is 94.5 Å². The van der Waals surface area contributed by atoms with Gasteiger partial charge >= 0.3 is 0 Å². The van der Waals surface area contributed by atoms with E-state index in [1.807, 2.05) is 113 Å². The molecule has 0 spiro atoms. The zero-order valence-corrected chi connectivity index (χ0v) is 33.8. The van der Waals surface area contributed by atoms with Gasteiger partial charge in [0.05, 0.1) is 30.6 Å². The second-order valence-electron chi connectivity index (χ2n) is 10.2. The van der Waals surface area contributed by atoms with Gasteiger partial charge in [0.2, 0.25) is 0 Å². The minimum absolute atomic E-state index is 1.11. The molecular formula is C31H46N22S2. The molecule has 55 heavy (non-hydrogen) atoms. The topological polar surface area (TPSA) is 236 Å². The monoisotopic (exact) mass is 790 g/mol. The smallest absolute Gasteiger partial charge is 0.137 e. The minimum Gasteiger partial charge on any atom is -0.341 e. The Morgan fingerprint density at radius 2 is 1.36 bits per heavy atom. The molecule has 0 radical (unpaired) electrons. The minimum atomic E-state index is 1.11. The van der Waals surface area contributed by atoms with E-state index in [2.05, 4.69) is 81.8 Å². The highest BCUT2D eigenvalue weighted by molar-refractivity contribution is 7.09. The van der Waals surface area contributed by atoms with Crippen molar-refractivity contribution < 1.29 is 0 Å². The SMILES string of the molecule is Cc1cccnc1.Cc1cncs1.Cc1cscn1.Cn1cccn1.Cn1ccnc1.Cn1ccnn1.Cn1cncn1.Cn1cnnn1.Cn1nnnn1. The molecule has 0 aliphatic heterocycles. The summed E-state index contributed by atoms with van der Waals surface area (Å²) in [5.74, 6) is 0. The number of tetrazole rings is 1. The third-order valence-electron chi connectivity index (χ3n) is 5.10. The normalized spacial score (nSPS) is 8.82. The van der Waals surface area contributed by atoms with Crippen molar-refractivity contribution in [2.75, 3.05) is 0 Å². The van der Waals surface area contributed by atoms with Crippen molar-refractivity contribution in [1.82, 2.24) is 110 Å². The fraction of sp³-hybridized carbons (Fsp3) is 0.290. The molecule has 0 fully saturated rings. The standard InChI is InChI=1S/C6H7N.2C4H6N2.2C4H5NS.2C3H5N3.C2H4N4.CH3N5/c1-6-3-2-4-7-5-6;1-6-3-2-5-4-6;1-6-4-2-3-5-6;1-4-2-6-3-5-4;1-4-2-5-3-6-4;1-6-3-4-2-5-6;1-6-3-2-4-5-6;1-6-2-3-4-5-6;1-6-4-2-3-5-6/h2-5H,1H3;2*2-4H,1H3;4*2-3H,1H3;2H,1H3;1H3. The van der Waals surface area contributed by atoms with Crippen LogP contribution in [-0.4, -0.2) is 110 Å². The van der Waals surface area contributed by atoms with Crippen LogP contribution in [0.1, 0.15) is 16.1 Å². The summed E-state index contributed by atoms with van der Waals surface area (Å²) in [7, 11) is 10.9. The fourth-order valence-corrected chi connectivity index (χ4v) is 3.54. The highest BCUT2D eigenvalue weighted by Gasteiger charge is 1.78. The van der Waals surface area contributed by atoms with Gasteiger partial charge in [-0.1, -0.05) is 11.3 Å². The number of rotatable bonds is 0. The largest absolute Gasteiger partial charge is 0.341 e. The quantitative estimate of drug-likeness (QED) is 0.215. The lowest BCUT2D eigenvalue weighted by Crippen LogP contribution is -1.91. The van der Waals surface area contributed by atoms with Crippen LogP contribution in [0.25, 0.3) is 0 Å². The Kier molecular flexibility index (Phi) is 25.9. The average Bonchev–Trinajstić information content (AvgIpc) is 4.01. The second-order valence-corrected chi connectivity index (χ2v) is 12.0. The summed E-state index contributed by atoms with van der Waals surface area (Å²) in [5.41, 5.74) is 5.98. The van der Waals surface area contributed by atoms with Crippen LogP contribution < -0.4 is 0 Å². The number of aromatic nitrogens is 22. The zero-order chi connectivity index (χ0) is 40.4. The van der Waals surface area contributed by atoms with Crippen molar-refractivity contribution in [2.45, 2.75) is 20.8 Å².